The van der Waals surface area contributed by atoms with Crippen LogP contribution in [0.5, 0.6) is 5.75 Å². The van der Waals surface area contributed by atoms with E-state index in [0.717, 1.165) is 42.2 Å². The molecule has 2 aliphatic heterocycles. The van der Waals surface area contributed by atoms with Crippen molar-refractivity contribution in [2.75, 3.05) is 13.2 Å². The van der Waals surface area contributed by atoms with E-state index in [-0.39, 0.29) is 12.1 Å². The van der Waals surface area contributed by atoms with Gasteiger partial charge in [-0.15, -0.1) is 0 Å². The molecule has 1 unspecified atom stereocenters. The SMILES string of the molecule is Cc1cccc2c1OCC(NC(=O)N1CCc3c(nc(C(C)C)n3C)C1)C2. The highest BCUT2D eigenvalue weighted by molar-refractivity contribution is 5.75. The lowest BCUT2D eigenvalue weighted by atomic mass is 10.00. The molecule has 3 heterocycles. The molecule has 2 aliphatic rings. The lowest BCUT2D eigenvalue weighted by molar-refractivity contribution is 0.175. The Morgan fingerprint density at radius 3 is 2.96 bits per heavy atom. The first-order valence-electron chi connectivity index (χ1n) is 9.75. The zero-order valence-corrected chi connectivity index (χ0v) is 16.6. The molecule has 0 spiro atoms. The fourth-order valence-corrected chi connectivity index (χ4v) is 4.19. The third-order valence-electron chi connectivity index (χ3n) is 5.61. The summed E-state index contributed by atoms with van der Waals surface area (Å²) in [7, 11) is 2.08. The molecule has 0 fully saturated rings. The standard InChI is InChI=1S/C21H28N4O2/c1-13(2)20-23-17-11-25(9-8-18(17)24(20)4)21(26)22-16-10-15-7-5-6-14(3)19(15)27-12-16/h5-7,13,16H,8-12H2,1-4H3,(H,22,26). The van der Waals surface area contributed by atoms with Crippen molar-refractivity contribution in [1.29, 1.82) is 0 Å². The van der Waals surface area contributed by atoms with Gasteiger partial charge in [-0.25, -0.2) is 9.78 Å². The first kappa shape index (κ1) is 17.9. The monoisotopic (exact) mass is 368 g/mol. The van der Waals surface area contributed by atoms with E-state index in [2.05, 4.69) is 49.8 Å². The normalized spacial score (nSPS) is 18.7. The third-order valence-corrected chi connectivity index (χ3v) is 5.61. The number of ether oxygens (including phenoxy) is 1. The lowest BCUT2D eigenvalue weighted by Crippen LogP contribution is -2.50. The molecule has 0 bridgehead atoms. The first-order chi connectivity index (χ1) is 12.9. The summed E-state index contributed by atoms with van der Waals surface area (Å²) in [6.45, 7) is 8.18. The third kappa shape index (κ3) is 3.29. The van der Waals surface area contributed by atoms with E-state index in [1.54, 1.807) is 0 Å². The Balaban J connectivity index is 1.42. The topological polar surface area (TPSA) is 59.4 Å². The number of aryl methyl sites for hydroxylation is 1. The largest absolute Gasteiger partial charge is 0.491 e. The average Bonchev–Trinajstić information content (AvgIpc) is 2.98. The molecule has 6 nitrogen and oxygen atoms in total. The molecule has 27 heavy (non-hydrogen) atoms. The number of imidazole rings is 1. The fourth-order valence-electron chi connectivity index (χ4n) is 4.19. The molecule has 2 aromatic rings. The van der Waals surface area contributed by atoms with Gasteiger partial charge in [-0.2, -0.15) is 0 Å². The molecular weight excluding hydrogens is 340 g/mol. The maximum atomic E-state index is 12.8. The highest BCUT2D eigenvalue weighted by Crippen LogP contribution is 2.28. The van der Waals surface area contributed by atoms with E-state index >= 15 is 0 Å². The number of rotatable bonds is 2. The van der Waals surface area contributed by atoms with Crippen LogP contribution in [0.25, 0.3) is 0 Å². The highest BCUT2D eigenvalue weighted by Gasteiger charge is 2.29. The molecular formula is C21H28N4O2. The number of hydrogen-bond acceptors (Lipinski definition) is 3. The number of para-hydroxylation sites is 1. The maximum absolute atomic E-state index is 12.8. The summed E-state index contributed by atoms with van der Waals surface area (Å²) in [5, 5.41) is 3.15. The van der Waals surface area contributed by atoms with Crippen molar-refractivity contribution in [3.8, 4) is 5.75 Å². The van der Waals surface area contributed by atoms with E-state index in [1.165, 1.54) is 11.3 Å². The van der Waals surface area contributed by atoms with Crippen LogP contribution in [0.1, 0.15) is 48.1 Å². The van der Waals surface area contributed by atoms with Gasteiger partial charge in [0.05, 0.1) is 18.3 Å². The molecule has 1 aromatic carbocycles. The molecule has 1 atom stereocenters. The van der Waals surface area contributed by atoms with Gasteiger partial charge >= 0.3 is 6.03 Å². The summed E-state index contributed by atoms with van der Waals surface area (Å²) in [4.78, 5) is 19.5. The van der Waals surface area contributed by atoms with Gasteiger partial charge in [0.2, 0.25) is 0 Å². The summed E-state index contributed by atoms with van der Waals surface area (Å²) < 4.78 is 8.11. The Morgan fingerprint density at radius 2 is 2.19 bits per heavy atom. The van der Waals surface area contributed by atoms with Gasteiger partial charge in [0, 0.05) is 31.6 Å². The zero-order valence-electron chi connectivity index (χ0n) is 16.6. The minimum Gasteiger partial charge on any atom is -0.491 e. The molecule has 6 heteroatoms. The second-order valence-electron chi connectivity index (χ2n) is 7.97. The number of aromatic nitrogens is 2. The van der Waals surface area contributed by atoms with Crippen molar-refractivity contribution in [2.45, 2.75) is 52.1 Å². The molecule has 0 saturated carbocycles. The van der Waals surface area contributed by atoms with Crippen molar-refractivity contribution in [1.82, 2.24) is 19.8 Å². The smallest absolute Gasteiger partial charge is 0.318 e. The Bertz CT molecular complexity index is 871. The first-order valence-corrected chi connectivity index (χ1v) is 9.75. The van der Waals surface area contributed by atoms with Crippen molar-refractivity contribution in [3.05, 3.63) is 46.5 Å². The van der Waals surface area contributed by atoms with Gasteiger partial charge in [0.25, 0.3) is 0 Å². The van der Waals surface area contributed by atoms with Crippen LogP contribution in [0.15, 0.2) is 18.2 Å². The zero-order chi connectivity index (χ0) is 19.1. The molecule has 2 amide bonds. The van der Waals surface area contributed by atoms with Crippen LogP contribution in [-0.2, 0) is 26.4 Å². The molecule has 0 radical (unpaired) electrons. The van der Waals surface area contributed by atoms with Crippen LogP contribution >= 0.6 is 0 Å². The number of fused-ring (bicyclic) bond motifs is 2. The van der Waals surface area contributed by atoms with E-state index < -0.39 is 0 Å². The van der Waals surface area contributed by atoms with Gasteiger partial charge in [-0.3, -0.25) is 0 Å². The number of carbonyl (C=O) groups excluding carboxylic acids is 1. The Labute approximate surface area is 160 Å². The van der Waals surface area contributed by atoms with Gasteiger partial charge in [-0.05, 0) is 24.5 Å². The lowest BCUT2D eigenvalue weighted by Gasteiger charge is -2.31. The number of amides is 2. The molecule has 0 aliphatic carbocycles. The minimum atomic E-state index is -0.0258. The Kier molecular flexibility index (Phi) is 4.58. The van der Waals surface area contributed by atoms with Crippen molar-refractivity contribution in [3.63, 3.8) is 0 Å². The van der Waals surface area contributed by atoms with Gasteiger partial charge < -0.3 is 19.5 Å². The average molecular weight is 368 g/mol. The molecule has 0 saturated heterocycles. The Hall–Kier alpha value is -2.50. The summed E-state index contributed by atoms with van der Waals surface area (Å²) >= 11 is 0. The van der Waals surface area contributed by atoms with E-state index in [4.69, 9.17) is 9.72 Å². The summed E-state index contributed by atoms with van der Waals surface area (Å²) in [5.41, 5.74) is 4.60. The molecule has 1 aromatic heterocycles. The van der Waals surface area contributed by atoms with Crippen LogP contribution in [0, 0.1) is 6.92 Å². The number of nitrogens with one attached hydrogen (secondary N) is 1. The molecule has 4 rings (SSSR count). The summed E-state index contributed by atoms with van der Waals surface area (Å²) in [6.07, 6.45) is 1.66. The number of hydrogen-bond donors (Lipinski definition) is 1. The number of urea groups is 1. The van der Waals surface area contributed by atoms with Crippen LogP contribution in [0.3, 0.4) is 0 Å². The van der Waals surface area contributed by atoms with Crippen LogP contribution < -0.4 is 10.1 Å². The number of carbonyl (C=O) groups is 1. The fraction of sp³-hybridized carbons (Fsp3) is 0.524. The summed E-state index contributed by atoms with van der Waals surface area (Å²) in [5.74, 6) is 2.45. The van der Waals surface area contributed by atoms with Crippen LogP contribution in [0.4, 0.5) is 4.79 Å². The highest BCUT2D eigenvalue weighted by atomic mass is 16.5. The van der Waals surface area contributed by atoms with Crippen molar-refractivity contribution in [2.24, 2.45) is 7.05 Å². The number of nitrogens with zero attached hydrogens (tertiary/aromatic N) is 3. The maximum Gasteiger partial charge on any atom is 0.318 e. The van der Waals surface area contributed by atoms with Gasteiger partial charge in [-0.1, -0.05) is 32.0 Å². The predicted octanol–water partition coefficient (Wildman–Crippen LogP) is 2.92. The number of benzene rings is 1. The second-order valence-corrected chi connectivity index (χ2v) is 7.97. The van der Waals surface area contributed by atoms with Crippen LogP contribution in [0.2, 0.25) is 0 Å². The minimum absolute atomic E-state index is 0.00292. The van der Waals surface area contributed by atoms with Gasteiger partial charge in [0.1, 0.15) is 18.2 Å². The van der Waals surface area contributed by atoms with E-state index in [0.29, 0.717) is 19.1 Å². The van der Waals surface area contributed by atoms with E-state index in [9.17, 15) is 4.79 Å². The van der Waals surface area contributed by atoms with Crippen molar-refractivity contribution < 1.29 is 9.53 Å². The quantitative estimate of drug-likeness (QED) is 0.887. The second kappa shape index (κ2) is 6.91. The van der Waals surface area contributed by atoms with Crippen molar-refractivity contribution >= 4 is 6.03 Å². The van der Waals surface area contributed by atoms with E-state index in [1.807, 2.05) is 11.0 Å². The van der Waals surface area contributed by atoms with Gasteiger partial charge in [0.15, 0.2) is 0 Å². The molecule has 144 valence electrons. The summed E-state index contributed by atoms with van der Waals surface area (Å²) in [6, 6.07) is 6.16. The predicted molar refractivity (Wildman–Crippen MR) is 104 cm³/mol. The van der Waals surface area contributed by atoms with Crippen LogP contribution in [-0.4, -0.2) is 39.7 Å². The Morgan fingerprint density at radius 1 is 1.37 bits per heavy atom. The molecule has 1 N–H and O–H groups in total.